The fraction of sp³-hybridized carbons (Fsp3) is 0.667. The van der Waals surface area contributed by atoms with Crippen LogP contribution in [-0.2, 0) is 6.54 Å². The third kappa shape index (κ3) is 5.61. The maximum absolute atomic E-state index is 4.05. The minimum atomic E-state index is 0.246. The van der Waals surface area contributed by atoms with Gasteiger partial charge in [-0.2, -0.15) is 0 Å². The molecule has 18 heavy (non-hydrogen) atoms. The van der Waals surface area contributed by atoms with E-state index in [2.05, 4.69) is 55.0 Å². The summed E-state index contributed by atoms with van der Waals surface area (Å²) < 4.78 is 0. The Morgan fingerprint density at radius 3 is 2.44 bits per heavy atom. The molecule has 0 saturated carbocycles. The average molecular weight is 249 g/mol. The second-order valence-corrected chi connectivity index (χ2v) is 5.39. The van der Waals surface area contributed by atoms with Crippen LogP contribution in [0.4, 0.5) is 0 Å². The fourth-order valence-corrected chi connectivity index (χ4v) is 1.77. The minimum Gasteiger partial charge on any atom is -0.311 e. The molecule has 0 aliphatic rings. The Labute approximate surface area is 112 Å². The van der Waals surface area contributed by atoms with E-state index in [1.54, 1.807) is 0 Å². The molecule has 0 spiro atoms. The Hall–Kier alpha value is -0.930. The van der Waals surface area contributed by atoms with Gasteiger partial charge in [0, 0.05) is 37.6 Å². The van der Waals surface area contributed by atoms with Gasteiger partial charge >= 0.3 is 0 Å². The molecule has 1 heterocycles. The summed E-state index contributed by atoms with van der Waals surface area (Å²) >= 11 is 0. The summed E-state index contributed by atoms with van der Waals surface area (Å²) in [6.45, 7) is 13.2. The summed E-state index contributed by atoms with van der Waals surface area (Å²) in [5.74, 6) is 0. The molecule has 0 amide bonds. The first kappa shape index (κ1) is 15.1. The van der Waals surface area contributed by atoms with Crippen LogP contribution in [0.1, 0.15) is 39.7 Å². The van der Waals surface area contributed by atoms with E-state index >= 15 is 0 Å². The van der Waals surface area contributed by atoms with E-state index < -0.39 is 0 Å². The summed E-state index contributed by atoms with van der Waals surface area (Å²) in [6, 6.07) is 4.18. The Bertz CT molecular complexity index is 322. The van der Waals surface area contributed by atoms with E-state index in [0.29, 0.717) is 0 Å². The van der Waals surface area contributed by atoms with Crippen molar-refractivity contribution in [1.29, 1.82) is 0 Å². The molecule has 0 saturated heterocycles. The maximum Gasteiger partial charge on any atom is 0.0271 e. The molecule has 1 aromatic heterocycles. The van der Waals surface area contributed by atoms with E-state index in [1.165, 1.54) is 5.56 Å². The van der Waals surface area contributed by atoms with Gasteiger partial charge in [-0.15, -0.1) is 0 Å². The van der Waals surface area contributed by atoms with E-state index in [9.17, 15) is 0 Å². The Morgan fingerprint density at radius 1 is 1.22 bits per heavy atom. The van der Waals surface area contributed by atoms with Crippen molar-refractivity contribution in [2.45, 2.75) is 46.2 Å². The zero-order valence-corrected chi connectivity index (χ0v) is 12.2. The number of pyridine rings is 1. The van der Waals surface area contributed by atoms with Crippen LogP contribution in [0, 0.1) is 0 Å². The molecule has 0 aromatic carbocycles. The van der Waals surface area contributed by atoms with E-state index in [1.807, 2.05) is 12.4 Å². The van der Waals surface area contributed by atoms with Gasteiger partial charge in [-0.1, -0.05) is 13.8 Å². The number of rotatable bonds is 8. The Kier molecular flexibility index (Phi) is 6.30. The molecule has 3 nitrogen and oxygen atoms in total. The second kappa shape index (κ2) is 7.49. The molecule has 1 aromatic rings. The standard InChI is InChI=1S/C15H27N3/c1-5-15(3,4)17-11-12-18(6-2)13-14-7-9-16-10-8-14/h7-10,17H,5-6,11-13H2,1-4H3. The second-order valence-electron chi connectivity index (χ2n) is 5.39. The minimum absolute atomic E-state index is 0.246. The lowest BCUT2D eigenvalue weighted by atomic mass is 10.0. The third-order valence-corrected chi connectivity index (χ3v) is 3.52. The van der Waals surface area contributed by atoms with Crippen LogP contribution in [0.3, 0.4) is 0 Å². The van der Waals surface area contributed by atoms with Crippen molar-refractivity contribution in [1.82, 2.24) is 15.2 Å². The maximum atomic E-state index is 4.05. The van der Waals surface area contributed by atoms with E-state index in [0.717, 1.165) is 32.6 Å². The zero-order chi connectivity index (χ0) is 13.4. The molecule has 0 unspecified atom stereocenters. The Morgan fingerprint density at radius 2 is 1.89 bits per heavy atom. The number of nitrogens with zero attached hydrogens (tertiary/aromatic N) is 2. The zero-order valence-electron chi connectivity index (χ0n) is 12.2. The predicted octanol–water partition coefficient (Wildman–Crippen LogP) is 2.68. The molecule has 1 rings (SSSR count). The van der Waals surface area contributed by atoms with Crippen molar-refractivity contribution in [2.75, 3.05) is 19.6 Å². The van der Waals surface area contributed by atoms with Gasteiger partial charge in [0.2, 0.25) is 0 Å². The predicted molar refractivity (Wildman–Crippen MR) is 77.6 cm³/mol. The van der Waals surface area contributed by atoms with E-state index in [4.69, 9.17) is 0 Å². The van der Waals surface area contributed by atoms with Gasteiger partial charge in [-0.25, -0.2) is 0 Å². The SMILES string of the molecule is CCN(CCNC(C)(C)CC)Cc1ccncc1. The van der Waals surface area contributed by atoms with Crippen LogP contribution in [0.25, 0.3) is 0 Å². The smallest absolute Gasteiger partial charge is 0.0271 e. The molecule has 0 bridgehead atoms. The third-order valence-electron chi connectivity index (χ3n) is 3.52. The van der Waals surface area contributed by atoms with Crippen LogP contribution in [-0.4, -0.2) is 35.1 Å². The number of hydrogen-bond acceptors (Lipinski definition) is 3. The molecule has 3 heteroatoms. The van der Waals surface area contributed by atoms with Crippen LogP contribution in [0.2, 0.25) is 0 Å². The van der Waals surface area contributed by atoms with Crippen LogP contribution in [0.15, 0.2) is 24.5 Å². The molecule has 1 N–H and O–H groups in total. The number of aromatic nitrogens is 1. The van der Waals surface area contributed by atoms with Crippen molar-refractivity contribution >= 4 is 0 Å². The highest BCUT2D eigenvalue weighted by Gasteiger charge is 2.13. The number of likely N-dealkylation sites (N-methyl/N-ethyl adjacent to an activating group) is 1. The summed E-state index contributed by atoms with van der Waals surface area (Å²) in [5.41, 5.74) is 1.58. The Balaban J connectivity index is 2.34. The molecular formula is C15H27N3. The highest BCUT2D eigenvalue weighted by Crippen LogP contribution is 2.07. The van der Waals surface area contributed by atoms with Crippen molar-refractivity contribution in [3.63, 3.8) is 0 Å². The highest BCUT2D eigenvalue weighted by atomic mass is 15.1. The first-order chi connectivity index (χ1) is 8.57. The molecule has 0 atom stereocenters. The number of hydrogen-bond donors (Lipinski definition) is 1. The largest absolute Gasteiger partial charge is 0.311 e. The average Bonchev–Trinajstić information content (AvgIpc) is 2.38. The van der Waals surface area contributed by atoms with Crippen LogP contribution in [0.5, 0.6) is 0 Å². The summed E-state index contributed by atoms with van der Waals surface area (Å²) in [6.07, 6.45) is 4.88. The molecule has 0 aliphatic carbocycles. The highest BCUT2D eigenvalue weighted by molar-refractivity contribution is 5.09. The van der Waals surface area contributed by atoms with Crippen molar-refractivity contribution in [3.05, 3.63) is 30.1 Å². The number of nitrogens with one attached hydrogen (secondary N) is 1. The normalized spacial score (nSPS) is 12.1. The van der Waals surface area contributed by atoms with E-state index in [-0.39, 0.29) is 5.54 Å². The van der Waals surface area contributed by atoms with Crippen LogP contribution < -0.4 is 5.32 Å². The van der Waals surface area contributed by atoms with Gasteiger partial charge in [0.1, 0.15) is 0 Å². The molecule has 0 aliphatic heterocycles. The van der Waals surface area contributed by atoms with Gasteiger partial charge in [0.15, 0.2) is 0 Å². The lowest BCUT2D eigenvalue weighted by molar-refractivity contribution is 0.260. The monoisotopic (exact) mass is 249 g/mol. The van der Waals surface area contributed by atoms with Gasteiger partial charge in [0.25, 0.3) is 0 Å². The first-order valence-corrected chi connectivity index (χ1v) is 6.93. The first-order valence-electron chi connectivity index (χ1n) is 6.93. The topological polar surface area (TPSA) is 28.2 Å². The van der Waals surface area contributed by atoms with Crippen molar-refractivity contribution in [3.8, 4) is 0 Å². The lowest BCUT2D eigenvalue weighted by Gasteiger charge is -2.27. The van der Waals surface area contributed by atoms with Gasteiger partial charge < -0.3 is 5.32 Å². The van der Waals surface area contributed by atoms with Crippen LogP contribution >= 0.6 is 0 Å². The van der Waals surface area contributed by atoms with Crippen molar-refractivity contribution in [2.24, 2.45) is 0 Å². The molecule has 102 valence electrons. The quantitative estimate of drug-likeness (QED) is 0.768. The molecule has 0 fully saturated rings. The van der Waals surface area contributed by atoms with Crippen molar-refractivity contribution < 1.29 is 0 Å². The summed E-state index contributed by atoms with van der Waals surface area (Å²) in [5, 5.41) is 3.61. The summed E-state index contributed by atoms with van der Waals surface area (Å²) in [4.78, 5) is 6.51. The van der Waals surface area contributed by atoms with Gasteiger partial charge in [0.05, 0.1) is 0 Å². The fourth-order valence-electron chi connectivity index (χ4n) is 1.77. The molecule has 0 radical (unpaired) electrons. The molecular weight excluding hydrogens is 222 g/mol. The van der Waals surface area contributed by atoms with Gasteiger partial charge in [-0.05, 0) is 44.5 Å². The lowest BCUT2D eigenvalue weighted by Crippen LogP contribution is -2.43. The van der Waals surface area contributed by atoms with Gasteiger partial charge in [-0.3, -0.25) is 9.88 Å². The summed E-state index contributed by atoms with van der Waals surface area (Å²) in [7, 11) is 0.